The highest BCUT2D eigenvalue weighted by Crippen LogP contribution is 2.25. The number of rotatable bonds is 4. The standard InChI is InChI=1S/C19H18FN5O4/c1-23-6-8-24(9-7-23)16-11-15-13(10-14(16)20)19(26)22-17(21-15)4-2-12-3-5-18(29-12)25(27)28/h2-5,10-11H,6-9H2,1H3,(H,21,22,26). The number of nitrogens with one attached hydrogen (secondary N) is 1. The fourth-order valence-electron chi connectivity index (χ4n) is 3.23. The largest absolute Gasteiger partial charge is 0.433 e. The zero-order chi connectivity index (χ0) is 20.5. The van der Waals surface area contributed by atoms with Crippen LogP contribution in [-0.2, 0) is 0 Å². The summed E-state index contributed by atoms with van der Waals surface area (Å²) in [6.07, 6.45) is 2.93. The number of likely N-dealkylation sites (N-methyl/N-ethyl adjacent to an activating group) is 1. The average molecular weight is 399 g/mol. The number of benzene rings is 1. The summed E-state index contributed by atoms with van der Waals surface area (Å²) < 4.78 is 19.6. The van der Waals surface area contributed by atoms with Gasteiger partial charge in [0.15, 0.2) is 0 Å². The number of hydrogen-bond donors (Lipinski definition) is 1. The number of halogens is 1. The molecule has 29 heavy (non-hydrogen) atoms. The van der Waals surface area contributed by atoms with E-state index in [9.17, 15) is 19.3 Å². The first-order valence-electron chi connectivity index (χ1n) is 9.00. The molecule has 1 aromatic carbocycles. The smallest absolute Gasteiger partial charge is 0.401 e. The maximum atomic E-state index is 14.6. The lowest BCUT2D eigenvalue weighted by Gasteiger charge is -2.34. The Morgan fingerprint density at radius 1 is 1.24 bits per heavy atom. The SMILES string of the molecule is CN1CCN(c2cc3nc(C=Cc4ccc([N+](=O)[O-])o4)[nH]c(=O)c3cc2F)CC1. The van der Waals surface area contributed by atoms with E-state index >= 15 is 0 Å². The Morgan fingerprint density at radius 2 is 2.00 bits per heavy atom. The lowest BCUT2D eigenvalue weighted by Crippen LogP contribution is -2.44. The number of aromatic amines is 1. The van der Waals surface area contributed by atoms with Crippen LogP contribution < -0.4 is 10.5 Å². The van der Waals surface area contributed by atoms with Gasteiger partial charge in [-0.15, -0.1) is 0 Å². The monoisotopic (exact) mass is 399 g/mol. The van der Waals surface area contributed by atoms with E-state index in [1.165, 1.54) is 30.4 Å². The molecule has 9 nitrogen and oxygen atoms in total. The van der Waals surface area contributed by atoms with Gasteiger partial charge in [0.05, 0.1) is 22.7 Å². The van der Waals surface area contributed by atoms with Crippen molar-refractivity contribution in [2.24, 2.45) is 0 Å². The number of fused-ring (bicyclic) bond motifs is 1. The van der Waals surface area contributed by atoms with E-state index in [0.29, 0.717) is 24.3 Å². The minimum atomic E-state index is -0.637. The molecule has 1 fully saturated rings. The molecule has 1 N–H and O–H groups in total. The molecule has 1 aliphatic heterocycles. The van der Waals surface area contributed by atoms with Crippen molar-refractivity contribution in [3.05, 3.63) is 62.1 Å². The molecule has 0 amide bonds. The van der Waals surface area contributed by atoms with E-state index in [0.717, 1.165) is 13.1 Å². The summed E-state index contributed by atoms with van der Waals surface area (Å²) in [6.45, 7) is 3.02. The summed E-state index contributed by atoms with van der Waals surface area (Å²) in [7, 11) is 2.02. The van der Waals surface area contributed by atoms with Gasteiger partial charge < -0.3 is 19.2 Å². The van der Waals surface area contributed by atoms with Gasteiger partial charge in [0.25, 0.3) is 5.56 Å². The maximum absolute atomic E-state index is 14.6. The molecule has 3 heterocycles. The summed E-state index contributed by atoms with van der Waals surface area (Å²) in [4.78, 5) is 33.5. The van der Waals surface area contributed by atoms with Gasteiger partial charge in [-0.3, -0.25) is 14.9 Å². The van der Waals surface area contributed by atoms with Crippen molar-refractivity contribution in [2.75, 3.05) is 38.1 Å². The average Bonchev–Trinajstić information content (AvgIpc) is 3.17. The van der Waals surface area contributed by atoms with Crippen molar-refractivity contribution in [2.45, 2.75) is 0 Å². The van der Waals surface area contributed by atoms with E-state index in [4.69, 9.17) is 4.42 Å². The highest BCUT2D eigenvalue weighted by molar-refractivity contribution is 5.83. The summed E-state index contributed by atoms with van der Waals surface area (Å²) in [5.74, 6) is -0.355. The highest BCUT2D eigenvalue weighted by atomic mass is 19.1. The first-order valence-corrected chi connectivity index (χ1v) is 9.00. The molecule has 0 unspecified atom stereocenters. The van der Waals surface area contributed by atoms with Crippen LogP contribution in [0.3, 0.4) is 0 Å². The molecule has 0 radical (unpaired) electrons. The first kappa shape index (κ1) is 18.8. The van der Waals surface area contributed by atoms with Crippen molar-refractivity contribution in [3.8, 4) is 0 Å². The van der Waals surface area contributed by atoms with Crippen molar-refractivity contribution < 1.29 is 13.7 Å². The van der Waals surface area contributed by atoms with Crippen LogP contribution in [0, 0.1) is 15.9 Å². The number of nitrogens with zero attached hydrogens (tertiary/aromatic N) is 4. The van der Waals surface area contributed by atoms with Crippen LogP contribution in [0.4, 0.5) is 16.0 Å². The van der Waals surface area contributed by atoms with Gasteiger partial charge in [0.2, 0.25) is 0 Å². The lowest BCUT2D eigenvalue weighted by molar-refractivity contribution is -0.402. The quantitative estimate of drug-likeness (QED) is 0.530. The van der Waals surface area contributed by atoms with Crippen molar-refractivity contribution in [3.63, 3.8) is 0 Å². The Balaban J connectivity index is 1.67. The Hall–Kier alpha value is -3.53. The third-order valence-electron chi connectivity index (χ3n) is 4.83. The summed E-state index contributed by atoms with van der Waals surface area (Å²) in [5.41, 5.74) is 0.318. The van der Waals surface area contributed by atoms with Crippen LogP contribution in [0.15, 0.2) is 33.5 Å². The second kappa shape index (κ2) is 7.47. The summed E-state index contributed by atoms with van der Waals surface area (Å²) >= 11 is 0. The Morgan fingerprint density at radius 3 is 2.69 bits per heavy atom. The van der Waals surface area contributed by atoms with Crippen LogP contribution in [0.1, 0.15) is 11.6 Å². The zero-order valence-corrected chi connectivity index (χ0v) is 15.6. The fourth-order valence-corrected chi connectivity index (χ4v) is 3.23. The number of H-pyrrole nitrogens is 1. The van der Waals surface area contributed by atoms with Gasteiger partial charge in [-0.25, -0.2) is 9.37 Å². The number of nitro groups is 1. The molecule has 0 atom stereocenters. The normalized spacial score (nSPS) is 15.4. The lowest BCUT2D eigenvalue weighted by atomic mass is 10.1. The second-order valence-electron chi connectivity index (χ2n) is 6.83. The number of piperazine rings is 1. The first-order chi connectivity index (χ1) is 13.9. The molecular weight excluding hydrogens is 381 g/mol. The highest BCUT2D eigenvalue weighted by Gasteiger charge is 2.19. The van der Waals surface area contributed by atoms with Gasteiger partial charge in [0, 0.05) is 26.2 Å². The molecule has 1 saturated heterocycles. The predicted octanol–water partition coefficient (Wildman–Crippen LogP) is 2.49. The van der Waals surface area contributed by atoms with Crippen LogP contribution >= 0.6 is 0 Å². The number of anilines is 1. The third kappa shape index (κ3) is 3.87. The number of aromatic nitrogens is 2. The number of furan rings is 1. The number of hydrogen-bond acceptors (Lipinski definition) is 7. The van der Waals surface area contributed by atoms with Crippen LogP contribution in [0.25, 0.3) is 23.1 Å². The minimum absolute atomic E-state index is 0.158. The van der Waals surface area contributed by atoms with E-state index < -0.39 is 16.3 Å². The van der Waals surface area contributed by atoms with E-state index in [2.05, 4.69) is 14.9 Å². The molecule has 150 valence electrons. The van der Waals surface area contributed by atoms with Crippen molar-refractivity contribution in [1.29, 1.82) is 0 Å². The van der Waals surface area contributed by atoms with E-state index in [1.54, 1.807) is 6.07 Å². The summed E-state index contributed by atoms with van der Waals surface area (Å²) in [5, 5.41) is 10.8. The molecule has 0 spiro atoms. The van der Waals surface area contributed by atoms with E-state index in [-0.39, 0.29) is 22.9 Å². The predicted molar refractivity (Wildman–Crippen MR) is 106 cm³/mol. The fraction of sp³-hybridized carbons (Fsp3) is 0.263. The Labute approximate surface area is 164 Å². The van der Waals surface area contributed by atoms with Crippen molar-refractivity contribution >= 4 is 34.6 Å². The molecular formula is C19H18FN5O4. The van der Waals surface area contributed by atoms with Crippen molar-refractivity contribution in [1.82, 2.24) is 14.9 Å². The maximum Gasteiger partial charge on any atom is 0.433 e. The Kier molecular flexibility index (Phi) is 4.85. The van der Waals surface area contributed by atoms with Crippen LogP contribution in [0.2, 0.25) is 0 Å². The topological polar surface area (TPSA) is 109 Å². The molecule has 2 aromatic heterocycles. The molecule has 1 aliphatic rings. The van der Waals surface area contributed by atoms with Gasteiger partial charge in [-0.2, -0.15) is 0 Å². The summed E-state index contributed by atoms with van der Waals surface area (Å²) in [6, 6.07) is 5.47. The Bertz CT molecular complexity index is 1160. The van der Waals surface area contributed by atoms with Gasteiger partial charge in [-0.05, 0) is 37.4 Å². The third-order valence-corrected chi connectivity index (χ3v) is 4.83. The zero-order valence-electron chi connectivity index (χ0n) is 15.6. The second-order valence-corrected chi connectivity index (χ2v) is 6.83. The molecule has 4 rings (SSSR count). The van der Waals surface area contributed by atoms with E-state index in [1.807, 2.05) is 11.9 Å². The molecule has 3 aromatic rings. The van der Waals surface area contributed by atoms with Crippen LogP contribution in [-0.4, -0.2) is 53.0 Å². The van der Waals surface area contributed by atoms with Gasteiger partial charge >= 0.3 is 5.88 Å². The molecule has 0 saturated carbocycles. The van der Waals surface area contributed by atoms with Crippen LogP contribution in [0.5, 0.6) is 0 Å². The molecule has 0 bridgehead atoms. The molecule has 10 heteroatoms. The van der Waals surface area contributed by atoms with Gasteiger partial charge in [0.1, 0.15) is 22.3 Å². The van der Waals surface area contributed by atoms with Gasteiger partial charge in [-0.1, -0.05) is 0 Å². The molecule has 0 aliphatic carbocycles. The minimum Gasteiger partial charge on any atom is -0.401 e.